The van der Waals surface area contributed by atoms with E-state index < -0.39 is 4.92 Å². The number of nitrogens with zero attached hydrogens (tertiary/aromatic N) is 4. The number of pyridine rings is 1. The van der Waals surface area contributed by atoms with Gasteiger partial charge in [0.15, 0.2) is 12.4 Å². The topological polar surface area (TPSA) is 104 Å². The van der Waals surface area contributed by atoms with Gasteiger partial charge in [-0.25, -0.2) is 4.98 Å². The van der Waals surface area contributed by atoms with Crippen LogP contribution in [0.2, 0.25) is 5.02 Å². The second-order valence-corrected chi connectivity index (χ2v) is 5.73. The van der Waals surface area contributed by atoms with Crippen molar-refractivity contribution >= 4 is 17.3 Å². The third-order valence-electron chi connectivity index (χ3n) is 3.26. The molecule has 0 aliphatic carbocycles. The van der Waals surface area contributed by atoms with Gasteiger partial charge in [0, 0.05) is 23.7 Å². The molecule has 0 radical (unpaired) electrons. The van der Waals surface area contributed by atoms with Crippen molar-refractivity contribution in [3.63, 3.8) is 0 Å². The van der Waals surface area contributed by atoms with E-state index in [1.165, 1.54) is 12.3 Å². The molecule has 9 heteroatoms. The van der Waals surface area contributed by atoms with Gasteiger partial charge in [0.25, 0.3) is 11.8 Å². The third-order valence-corrected chi connectivity index (χ3v) is 3.49. The van der Waals surface area contributed by atoms with Crippen molar-refractivity contribution in [2.45, 2.75) is 20.0 Å². The standard InChI is InChI=1S/C16H13ClN4O4/c1-10-5-13(21(22)23)16(18-8-10)24-9-15-19-14(20-25-15)7-11-3-2-4-12(17)6-11/h2-6,8H,7,9H2,1H3. The SMILES string of the molecule is Cc1cnc(OCc2nc(Cc3cccc(Cl)c3)no2)c([N+](=O)[O-])c1. The molecule has 2 aromatic heterocycles. The molecule has 2 heterocycles. The molecule has 3 rings (SSSR count). The molecular weight excluding hydrogens is 348 g/mol. The van der Waals surface area contributed by atoms with Crippen LogP contribution >= 0.6 is 11.6 Å². The van der Waals surface area contributed by atoms with Crippen LogP contribution in [0, 0.1) is 17.0 Å². The second kappa shape index (κ2) is 7.27. The summed E-state index contributed by atoms with van der Waals surface area (Å²) in [7, 11) is 0. The Balaban J connectivity index is 1.67. The van der Waals surface area contributed by atoms with Crippen molar-refractivity contribution in [2.24, 2.45) is 0 Å². The summed E-state index contributed by atoms with van der Waals surface area (Å²) in [6.07, 6.45) is 1.94. The normalized spacial score (nSPS) is 10.6. The number of rotatable bonds is 6. The van der Waals surface area contributed by atoms with Gasteiger partial charge >= 0.3 is 5.69 Å². The lowest BCUT2D eigenvalue weighted by atomic mass is 10.1. The molecule has 0 saturated heterocycles. The highest BCUT2D eigenvalue weighted by molar-refractivity contribution is 6.30. The molecule has 0 unspecified atom stereocenters. The first-order chi connectivity index (χ1) is 12.0. The van der Waals surface area contributed by atoms with Crippen LogP contribution in [0.1, 0.15) is 22.8 Å². The van der Waals surface area contributed by atoms with Gasteiger partial charge in [-0.05, 0) is 30.2 Å². The van der Waals surface area contributed by atoms with Gasteiger partial charge in [0.2, 0.25) is 0 Å². The molecule has 0 bridgehead atoms. The Morgan fingerprint density at radius 3 is 2.96 bits per heavy atom. The van der Waals surface area contributed by atoms with Crippen LogP contribution in [-0.2, 0) is 13.0 Å². The summed E-state index contributed by atoms with van der Waals surface area (Å²) in [4.78, 5) is 18.6. The van der Waals surface area contributed by atoms with Gasteiger partial charge < -0.3 is 9.26 Å². The van der Waals surface area contributed by atoms with Crippen LogP contribution in [0.3, 0.4) is 0 Å². The third kappa shape index (κ3) is 4.30. The van der Waals surface area contributed by atoms with Crippen molar-refractivity contribution in [2.75, 3.05) is 0 Å². The van der Waals surface area contributed by atoms with E-state index in [-0.39, 0.29) is 24.1 Å². The minimum absolute atomic E-state index is 0.0924. The van der Waals surface area contributed by atoms with E-state index in [4.69, 9.17) is 20.9 Å². The van der Waals surface area contributed by atoms with Gasteiger partial charge in [-0.15, -0.1) is 0 Å². The predicted octanol–water partition coefficient (Wildman–Crippen LogP) is 3.50. The van der Waals surface area contributed by atoms with Gasteiger partial charge in [-0.2, -0.15) is 4.98 Å². The lowest BCUT2D eigenvalue weighted by molar-refractivity contribution is -0.386. The molecule has 0 aliphatic heterocycles. The average molecular weight is 361 g/mol. The van der Waals surface area contributed by atoms with Crippen LogP contribution in [0.5, 0.6) is 5.88 Å². The quantitative estimate of drug-likeness (QED) is 0.489. The highest BCUT2D eigenvalue weighted by atomic mass is 35.5. The van der Waals surface area contributed by atoms with Crippen molar-refractivity contribution in [3.8, 4) is 5.88 Å². The first kappa shape index (κ1) is 16.8. The zero-order valence-electron chi connectivity index (χ0n) is 13.2. The summed E-state index contributed by atoms with van der Waals surface area (Å²) >= 11 is 5.94. The fourth-order valence-corrected chi connectivity index (χ4v) is 2.38. The number of nitro groups is 1. The largest absolute Gasteiger partial charge is 0.463 e. The van der Waals surface area contributed by atoms with Crippen molar-refractivity contribution in [1.29, 1.82) is 0 Å². The van der Waals surface area contributed by atoms with E-state index in [1.54, 1.807) is 13.0 Å². The monoisotopic (exact) mass is 360 g/mol. The molecular formula is C16H13ClN4O4. The van der Waals surface area contributed by atoms with Crippen LogP contribution in [0.25, 0.3) is 0 Å². The number of hydrogen-bond acceptors (Lipinski definition) is 7. The van der Waals surface area contributed by atoms with Gasteiger partial charge in [0.05, 0.1) is 4.92 Å². The summed E-state index contributed by atoms with van der Waals surface area (Å²) in [5.74, 6) is 0.575. The number of ether oxygens (including phenoxy) is 1. The Morgan fingerprint density at radius 1 is 1.36 bits per heavy atom. The van der Waals surface area contributed by atoms with E-state index in [2.05, 4.69) is 15.1 Å². The van der Waals surface area contributed by atoms with E-state index in [0.29, 0.717) is 22.8 Å². The van der Waals surface area contributed by atoms with E-state index in [1.807, 2.05) is 18.2 Å². The number of hydrogen-bond donors (Lipinski definition) is 0. The van der Waals surface area contributed by atoms with Gasteiger partial charge in [-0.1, -0.05) is 28.9 Å². The maximum atomic E-state index is 11.0. The zero-order chi connectivity index (χ0) is 17.8. The fourth-order valence-electron chi connectivity index (χ4n) is 2.16. The minimum Gasteiger partial charge on any atom is -0.463 e. The maximum Gasteiger partial charge on any atom is 0.331 e. The summed E-state index contributed by atoms with van der Waals surface area (Å²) < 4.78 is 10.4. The highest BCUT2D eigenvalue weighted by Crippen LogP contribution is 2.25. The first-order valence-electron chi connectivity index (χ1n) is 7.31. The molecule has 1 aromatic carbocycles. The molecule has 0 aliphatic rings. The lowest BCUT2D eigenvalue weighted by Gasteiger charge is -2.03. The Kier molecular flexibility index (Phi) is 4.90. The Labute approximate surface area is 147 Å². The molecule has 0 fully saturated rings. The van der Waals surface area contributed by atoms with Gasteiger partial charge in [-0.3, -0.25) is 10.1 Å². The van der Waals surface area contributed by atoms with Gasteiger partial charge in [0.1, 0.15) is 0 Å². The summed E-state index contributed by atoms with van der Waals surface area (Å²) in [5, 5.41) is 15.5. The Morgan fingerprint density at radius 2 is 2.20 bits per heavy atom. The fraction of sp³-hybridized carbons (Fsp3) is 0.188. The summed E-state index contributed by atoms with van der Waals surface area (Å²) in [6.45, 7) is 1.60. The first-order valence-corrected chi connectivity index (χ1v) is 7.69. The molecule has 0 atom stereocenters. The Hall–Kier alpha value is -3.00. The van der Waals surface area contributed by atoms with Crippen molar-refractivity contribution in [3.05, 3.63) is 74.5 Å². The highest BCUT2D eigenvalue weighted by Gasteiger charge is 2.18. The molecule has 25 heavy (non-hydrogen) atoms. The van der Waals surface area contributed by atoms with E-state index in [0.717, 1.165) is 5.56 Å². The molecule has 0 amide bonds. The Bertz CT molecular complexity index is 913. The number of aryl methyl sites for hydroxylation is 1. The summed E-state index contributed by atoms with van der Waals surface area (Å²) in [5.41, 5.74) is 1.40. The zero-order valence-corrected chi connectivity index (χ0v) is 13.9. The molecule has 0 spiro atoms. The molecule has 8 nitrogen and oxygen atoms in total. The average Bonchev–Trinajstić information content (AvgIpc) is 3.01. The maximum absolute atomic E-state index is 11.0. The number of halogens is 1. The molecule has 0 saturated carbocycles. The molecule has 0 N–H and O–H groups in total. The number of benzene rings is 1. The molecule has 3 aromatic rings. The summed E-state index contributed by atoms with van der Waals surface area (Å²) in [6, 6.07) is 8.72. The van der Waals surface area contributed by atoms with Crippen LogP contribution in [-0.4, -0.2) is 20.0 Å². The smallest absolute Gasteiger partial charge is 0.331 e. The second-order valence-electron chi connectivity index (χ2n) is 5.29. The predicted molar refractivity (Wildman–Crippen MR) is 88.5 cm³/mol. The lowest BCUT2D eigenvalue weighted by Crippen LogP contribution is -2.02. The van der Waals surface area contributed by atoms with Crippen LogP contribution in [0.15, 0.2) is 41.1 Å². The number of aromatic nitrogens is 3. The van der Waals surface area contributed by atoms with E-state index in [9.17, 15) is 10.1 Å². The van der Waals surface area contributed by atoms with Crippen LogP contribution in [0.4, 0.5) is 5.69 Å². The van der Waals surface area contributed by atoms with Crippen molar-refractivity contribution in [1.82, 2.24) is 15.1 Å². The van der Waals surface area contributed by atoms with E-state index >= 15 is 0 Å². The van der Waals surface area contributed by atoms with Crippen molar-refractivity contribution < 1.29 is 14.2 Å². The minimum atomic E-state index is -0.548. The van der Waals surface area contributed by atoms with Crippen LogP contribution < -0.4 is 4.74 Å². The molecule has 128 valence electrons.